The fourth-order valence-corrected chi connectivity index (χ4v) is 3.25. The van der Waals surface area contributed by atoms with Crippen LogP contribution in [0.3, 0.4) is 0 Å². The molecule has 0 saturated carbocycles. The van der Waals surface area contributed by atoms with E-state index in [0.29, 0.717) is 0 Å². The number of nitrogens with one attached hydrogen (secondary N) is 1. The number of rotatable bonds is 2. The van der Waals surface area contributed by atoms with Gasteiger partial charge < -0.3 is 5.43 Å². The zero-order valence-corrected chi connectivity index (χ0v) is 11.2. The molecule has 0 aromatic carbocycles. The van der Waals surface area contributed by atoms with Crippen molar-refractivity contribution in [2.45, 2.75) is 32.6 Å². The first-order valence-electron chi connectivity index (χ1n) is 6.19. The Balaban J connectivity index is 2.14. The van der Waals surface area contributed by atoms with Crippen LogP contribution in [-0.2, 0) is 12.8 Å². The van der Waals surface area contributed by atoms with E-state index in [1.165, 1.54) is 24.0 Å². The van der Waals surface area contributed by atoms with E-state index >= 15 is 0 Å². The van der Waals surface area contributed by atoms with E-state index in [1.807, 2.05) is 0 Å². The van der Waals surface area contributed by atoms with Crippen molar-refractivity contribution in [1.29, 1.82) is 0 Å². The summed E-state index contributed by atoms with van der Waals surface area (Å²) in [7, 11) is 0. The second-order valence-corrected chi connectivity index (χ2v) is 5.38. The standard InChI is InChI=1S/C13H16N4S/c1-8-6-18-7-10(8)12-15-11-5-3-2-4-9(11)13(16-12)17-14/h6-7H,2-5,14H2,1H3,(H,15,16,17). The molecule has 0 saturated heterocycles. The highest BCUT2D eigenvalue weighted by Gasteiger charge is 2.18. The molecule has 94 valence electrons. The zero-order valence-electron chi connectivity index (χ0n) is 10.4. The summed E-state index contributed by atoms with van der Waals surface area (Å²) in [4.78, 5) is 9.29. The van der Waals surface area contributed by atoms with Gasteiger partial charge in [0.25, 0.3) is 0 Å². The number of aryl methyl sites for hydroxylation is 2. The second-order valence-electron chi connectivity index (χ2n) is 4.64. The molecule has 2 heterocycles. The summed E-state index contributed by atoms with van der Waals surface area (Å²) in [5.41, 5.74) is 7.42. The van der Waals surface area contributed by atoms with Gasteiger partial charge in [0.2, 0.25) is 0 Å². The van der Waals surface area contributed by atoms with Crippen molar-refractivity contribution in [3.8, 4) is 11.4 Å². The maximum absolute atomic E-state index is 5.60. The quantitative estimate of drug-likeness (QED) is 0.643. The Kier molecular flexibility index (Phi) is 3.01. The molecule has 2 aromatic rings. The molecule has 4 nitrogen and oxygen atoms in total. The number of hydrogen-bond acceptors (Lipinski definition) is 5. The number of hydrazine groups is 1. The lowest BCUT2D eigenvalue weighted by atomic mass is 9.96. The summed E-state index contributed by atoms with van der Waals surface area (Å²) in [5, 5.41) is 4.22. The lowest BCUT2D eigenvalue weighted by Crippen LogP contribution is -2.17. The molecule has 3 N–H and O–H groups in total. The molecule has 0 bridgehead atoms. The molecular formula is C13H16N4S. The van der Waals surface area contributed by atoms with E-state index in [-0.39, 0.29) is 0 Å². The average molecular weight is 260 g/mol. The van der Waals surface area contributed by atoms with Crippen molar-refractivity contribution < 1.29 is 0 Å². The molecule has 0 amide bonds. The van der Waals surface area contributed by atoms with Crippen LogP contribution in [0.4, 0.5) is 5.82 Å². The minimum absolute atomic E-state index is 0.792. The third-order valence-corrected chi connectivity index (χ3v) is 4.28. The maximum atomic E-state index is 5.60. The highest BCUT2D eigenvalue weighted by atomic mass is 32.1. The molecule has 3 rings (SSSR count). The van der Waals surface area contributed by atoms with Crippen molar-refractivity contribution >= 4 is 17.2 Å². The van der Waals surface area contributed by atoms with Gasteiger partial charge in [0.05, 0.1) is 0 Å². The summed E-state index contributed by atoms with van der Waals surface area (Å²) >= 11 is 1.68. The zero-order chi connectivity index (χ0) is 12.5. The van der Waals surface area contributed by atoms with Gasteiger partial charge in [0, 0.05) is 22.2 Å². The highest BCUT2D eigenvalue weighted by Crippen LogP contribution is 2.30. The molecule has 0 spiro atoms. The third kappa shape index (κ3) is 1.89. The first-order valence-corrected chi connectivity index (χ1v) is 7.13. The van der Waals surface area contributed by atoms with Gasteiger partial charge in [-0.15, -0.1) is 0 Å². The number of hydrogen-bond donors (Lipinski definition) is 2. The summed E-state index contributed by atoms with van der Waals surface area (Å²) in [6, 6.07) is 0. The number of nitrogens with zero attached hydrogens (tertiary/aromatic N) is 2. The first kappa shape index (κ1) is 11.6. The maximum Gasteiger partial charge on any atom is 0.162 e. The van der Waals surface area contributed by atoms with Gasteiger partial charge in [0.15, 0.2) is 5.82 Å². The fraction of sp³-hybridized carbons (Fsp3) is 0.385. The number of anilines is 1. The molecule has 0 unspecified atom stereocenters. The number of nitrogen functional groups attached to an aromatic ring is 1. The average Bonchev–Trinajstić information content (AvgIpc) is 2.83. The minimum atomic E-state index is 0.792. The largest absolute Gasteiger partial charge is 0.308 e. The predicted molar refractivity (Wildman–Crippen MR) is 74.5 cm³/mol. The van der Waals surface area contributed by atoms with Gasteiger partial charge in [-0.1, -0.05) is 0 Å². The van der Waals surface area contributed by atoms with Crippen molar-refractivity contribution in [2.75, 3.05) is 5.43 Å². The van der Waals surface area contributed by atoms with Crippen LogP contribution in [0.15, 0.2) is 10.8 Å². The Morgan fingerprint density at radius 2 is 2.06 bits per heavy atom. The van der Waals surface area contributed by atoms with Crippen LogP contribution in [0.1, 0.15) is 29.7 Å². The number of fused-ring (bicyclic) bond motifs is 1. The number of aromatic nitrogens is 2. The number of thiophene rings is 1. The molecule has 1 aliphatic rings. The van der Waals surface area contributed by atoms with Gasteiger partial charge >= 0.3 is 0 Å². The molecule has 0 fully saturated rings. The van der Waals surface area contributed by atoms with Crippen LogP contribution in [0.25, 0.3) is 11.4 Å². The first-order chi connectivity index (χ1) is 8.79. The Morgan fingerprint density at radius 1 is 1.22 bits per heavy atom. The molecule has 0 atom stereocenters. The van der Waals surface area contributed by atoms with Crippen molar-refractivity contribution in [1.82, 2.24) is 9.97 Å². The Labute approximate surface area is 110 Å². The minimum Gasteiger partial charge on any atom is -0.308 e. The third-order valence-electron chi connectivity index (χ3n) is 3.42. The predicted octanol–water partition coefficient (Wildman–Crippen LogP) is 2.68. The fourth-order valence-electron chi connectivity index (χ4n) is 2.42. The lowest BCUT2D eigenvalue weighted by molar-refractivity contribution is 0.665. The smallest absolute Gasteiger partial charge is 0.162 e. The molecular weight excluding hydrogens is 244 g/mol. The Hall–Kier alpha value is -1.46. The van der Waals surface area contributed by atoms with Crippen molar-refractivity contribution in [3.63, 3.8) is 0 Å². The topological polar surface area (TPSA) is 63.8 Å². The van der Waals surface area contributed by atoms with Crippen molar-refractivity contribution in [3.05, 3.63) is 27.6 Å². The van der Waals surface area contributed by atoms with Crippen molar-refractivity contribution in [2.24, 2.45) is 5.84 Å². The number of nitrogens with two attached hydrogens (primary N) is 1. The van der Waals surface area contributed by atoms with Crippen LogP contribution < -0.4 is 11.3 Å². The van der Waals surface area contributed by atoms with Crippen LogP contribution in [0.5, 0.6) is 0 Å². The van der Waals surface area contributed by atoms with Gasteiger partial charge in [-0.05, 0) is 43.6 Å². The normalized spacial score (nSPS) is 14.3. The monoisotopic (exact) mass is 260 g/mol. The van der Waals surface area contributed by atoms with Crippen LogP contribution in [-0.4, -0.2) is 9.97 Å². The van der Waals surface area contributed by atoms with Gasteiger partial charge in [-0.25, -0.2) is 15.8 Å². The van der Waals surface area contributed by atoms with Gasteiger partial charge in [0.1, 0.15) is 5.82 Å². The van der Waals surface area contributed by atoms with Gasteiger partial charge in [-0.3, -0.25) is 0 Å². The van der Waals surface area contributed by atoms with E-state index in [9.17, 15) is 0 Å². The Bertz CT molecular complexity index is 559. The summed E-state index contributed by atoms with van der Waals surface area (Å²) in [5.74, 6) is 7.18. The van der Waals surface area contributed by atoms with E-state index in [4.69, 9.17) is 10.8 Å². The Morgan fingerprint density at radius 3 is 2.78 bits per heavy atom. The van der Waals surface area contributed by atoms with Crippen LogP contribution in [0, 0.1) is 6.92 Å². The molecule has 1 aliphatic carbocycles. The summed E-state index contributed by atoms with van der Waals surface area (Å²) in [6.45, 7) is 2.09. The molecule has 0 radical (unpaired) electrons. The molecule has 0 aliphatic heterocycles. The van der Waals surface area contributed by atoms with E-state index in [0.717, 1.165) is 35.7 Å². The van der Waals surface area contributed by atoms with Crippen LogP contribution in [0.2, 0.25) is 0 Å². The van der Waals surface area contributed by atoms with Gasteiger partial charge in [-0.2, -0.15) is 11.3 Å². The van der Waals surface area contributed by atoms with E-state index < -0.39 is 0 Å². The van der Waals surface area contributed by atoms with E-state index in [1.54, 1.807) is 11.3 Å². The lowest BCUT2D eigenvalue weighted by Gasteiger charge is -2.18. The highest BCUT2D eigenvalue weighted by molar-refractivity contribution is 7.08. The SMILES string of the molecule is Cc1cscc1-c1nc2c(c(NN)n1)CCCC2. The van der Waals surface area contributed by atoms with E-state index in [2.05, 4.69) is 28.1 Å². The second kappa shape index (κ2) is 4.66. The summed E-state index contributed by atoms with van der Waals surface area (Å²) in [6.07, 6.45) is 4.46. The molecule has 18 heavy (non-hydrogen) atoms. The molecule has 2 aromatic heterocycles. The van der Waals surface area contributed by atoms with Crippen LogP contribution >= 0.6 is 11.3 Å². The molecule has 5 heteroatoms. The summed E-state index contributed by atoms with van der Waals surface area (Å²) < 4.78 is 0.